The van der Waals surface area contributed by atoms with E-state index in [0.29, 0.717) is 25.2 Å². The second kappa shape index (κ2) is 8.16. The third kappa shape index (κ3) is 4.18. The number of amides is 1. The van der Waals surface area contributed by atoms with Crippen LogP contribution in [-0.2, 0) is 21.2 Å². The number of sulfonamides is 1. The summed E-state index contributed by atoms with van der Waals surface area (Å²) in [6.45, 7) is 3.09. The quantitative estimate of drug-likeness (QED) is 0.849. The first kappa shape index (κ1) is 19.5. The fourth-order valence-electron chi connectivity index (χ4n) is 2.91. The zero-order chi connectivity index (χ0) is 19.4. The van der Waals surface area contributed by atoms with Gasteiger partial charge in [0.1, 0.15) is 5.82 Å². The molecule has 1 N–H and O–H groups in total. The van der Waals surface area contributed by atoms with Crippen LogP contribution in [0.25, 0.3) is 0 Å². The first-order valence-corrected chi connectivity index (χ1v) is 10.1. The molecule has 1 heterocycles. The topological polar surface area (TPSA) is 75.7 Å². The van der Waals surface area contributed by atoms with Gasteiger partial charge in [-0.05, 0) is 36.2 Å². The molecule has 27 heavy (non-hydrogen) atoms. The number of nitrogens with zero attached hydrogens (tertiary/aromatic N) is 1. The molecule has 2 aromatic carbocycles. The molecule has 1 saturated heterocycles. The molecular weight excluding hydrogens is 371 g/mol. The number of aryl methyl sites for hydroxylation is 1. The number of rotatable bonds is 5. The second-order valence-corrected chi connectivity index (χ2v) is 8.03. The SMILES string of the molecule is CCc1ccc(C(=O)Nc2ccccc2F)cc1S(=O)(=O)N1CCOCC1. The zero-order valence-corrected chi connectivity index (χ0v) is 15.8. The monoisotopic (exact) mass is 392 g/mol. The number of ether oxygens (including phenoxy) is 1. The van der Waals surface area contributed by atoms with Gasteiger partial charge in [0.15, 0.2) is 0 Å². The Morgan fingerprint density at radius 1 is 1.19 bits per heavy atom. The van der Waals surface area contributed by atoms with Crippen LogP contribution in [0, 0.1) is 5.82 Å². The Balaban J connectivity index is 1.93. The lowest BCUT2D eigenvalue weighted by atomic mass is 10.1. The van der Waals surface area contributed by atoms with Crippen molar-refractivity contribution in [1.29, 1.82) is 0 Å². The average Bonchev–Trinajstić information content (AvgIpc) is 2.69. The fraction of sp³-hybridized carbons (Fsp3) is 0.316. The summed E-state index contributed by atoms with van der Waals surface area (Å²) in [6, 6.07) is 10.3. The lowest BCUT2D eigenvalue weighted by Crippen LogP contribution is -2.41. The van der Waals surface area contributed by atoms with E-state index in [1.807, 2.05) is 6.92 Å². The van der Waals surface area contributed by atoms with Crippen LogP contribution in [0.3, 0.4) is 0 Å². The highest BCUT2D eigenvalue weighted by Gasteiger charge is 2.29. The Bertz CT molecular complexity index is 940. The maximum absolute atomic E-state index is 13.8. The highest BCUT2D eigenvalue weighted by atomic mass is 32.2. The molecular formula is C19H21FN2O4S. The summed E-state index contributed by atoms with van der Waals surface area (Å²) in [5, 5.41) is 2.48. The average molecular weight is 392 g/mol. The van der Waals surface area contributed by atoms with Crippen LogP contribution in [0.4, 0.5) is 10.1 Å². The van der Waals surface area contributed by atoms with Gasteiger partial charge in [0, 0.05) is 18.7 Å². The predicted molar refractivity (Wildman–Crippen MR) is 99.8 cm³/mol. The fourth-order valence-corrected chi connectivity index (χ4v) is 4.64. The normalized spacial score (nSPS) is 15.5. The molecule has 8 heteroatoms. The Kier molecular flexibility index (Phi) is 5.88. The van der Waals surface area contributed by atoms with Gasteiger partial charge in [0.2, 0.25) is 10.0 Å². The summed E-state index contributed by atoms with van der Waals surface area (Å²) >= 11 is 0. The number of para-hydroxylation sites is 1. The van der Waals surface area contributed by atoms with Crippen molar-refractivity contribution >= 4 is 21.6 Å². The maximum atomic E-state index is 13.8. The van der Waals surface area contributed by atoms with Gasteiger partial charge in [0.25, 0.3) is 5.91 Å². The van der Waals surface area contributed by atoms with Gasteiger partial charge in [0.05, 0.1) is 23.8 Å². The molecule has 1 fully saturated rings. The first-order valence-electron chi connectivity index (χ1n) is 8.70. The van der Waals surface area contributed by atoms with Crippen LogP contribution in [-0.4, -0.2) is 44.9 Å². The van der Waals surface area contributed by atoms with E-state index in [9.17, 15) is 17.6 Å². The number of benzene rings is 2. The number of halogens is 1. The highest BCUT2D eigenvalue weighted by molar-refractivity contribution is 7.89. The van der Waals surface area contributed by atoms with Crippen LogP contribution in [0.1, 0.15) is 22.8 Å². The zero-order valence-electron chi connectivity index (χ0n) is 14.9. The predicted octanol–water partition coefficient (Wildman–Crippen LogP) is 2.66. The number of anilines is 1. The van der Waals surface area contributed by atoms with Gasteiger partial charge in [-0.1, -0.05) is 25.1 Å². The third-order valence-corrected chi connectivity index (χ3v) is 6.40. The van der Waals surface area contributed by atoms with Crippen molar-refractivity contribution in [2.45, 2.75) is 18.2 Å². The minimum Gasteiger partial charge on any atom is -0.379 e. The van der Waals surface area contributed by atoms with E-state index in [1.54, 1.807) is 18.2 Å². The van der Waals surface area contributed by atoms with E-state index < -0.39 is 21.7 Å². The van der Waals surface area contributed by atoms with Gasteiger partial charge in [-0.25, -0.2) is 12.8 Å². The van der Waals surface area contributed by atoms with Gasteiger partial charge in [-0.3, -0.25) is 4.79 Å². The van der Waals surface area contributed by atoms with Gasteiger partial charge < -0.3 is 10.1 Å². The van der Waals surface area contributed by atoms with Crippen molar-refractivity contribution < 1.29 is 22.3 Å². The van der Waals surface area contributed by atoms with Crippen molar-refractivity contribution in [3.05, 3.63) is 59.4 Å². The summed E-state index contributed by atoms with van der Waals surface area (Å²) < 4.78 is 46.4. The number of morpholine rings is 1. The molecule has 6 nitrogen and oxygen atoms in total. The van der Waals surface area contributed by atoms with Gasteiger partial charge in [-0.15, -0.1) is 0 Å². The summed E-state index contributed by atoms with van der Waals surface area (Å²) in [6.07, 6.45) is 0.508. The van der Waals surface area contributed by atoms with Crippen LogP contribution in [0.5, 0.6) is 0 Å². The van der Waals surface area contributed by atoms with Crippen molar-refractivity contribution in [1.82, 2.24) is 4.31 Å². The number of carbonyl (C=O) groups is 1. The lowest BCUT2D eigenvalue weighted by molar-refractivity contribution is 0.0730. The summed E-state index contributed by atoms with van der Waals surface area (Å²) in [5.41, 5.74) is 0.825. The molecule has 0 radical (unpaired) electrons. The summed E-state index contributed by atoms with van der Waals surface area (Å²) in [7, 11) is -3.74. The number of hydrogen-bond donors (Lipinski definition) is 1. The summed E-state index contributed by atoms with van der Waals surface area (Å²) in [5.74, 6) is -1.13. The second-order valence-electron chi connectivity index (χ2n) is 6.13. The Hall–Kier alpha value is -2.29. The molecule has 1 aliphatic heterocycles. The van der Waals surface area contributed by atoms with E-state index in [4.69, 9.17) is 4.74 Å². The van der Waals surface area contributed by atoms with Crippen LogP contribution >= 0.6 is 0 Å². The van der Waals surface area contributed by atoms with E-state index in [2.05, 4.69) is 5.32 Å². The minimum atomic E-state index is -3.74. The largest absolute Gasteiger partial charge is 0.379 e. The highest BCUT2D eigenvalue weighted by Crippen LogP contribution is 2.24. The molecule has 0 bridgehead atoms. The van der Waals surface area contributed by atoms with Crippen LogP contribution in [0.15, 0.2) is 47.4 Å². The number of nitrogens with one attached hydrogen (secondary N) is 1. The molecule has 2 aromatic rings. The molecule has 3 rings (SSSR count). The van der Waals surface area contributed by atoms with E-state index in [0.717, 1.165) is 0 Å². The molecule has 0 atom stereocenters. The van der Waals surface area contributed by atoms with Crippen molar-refractivity contribution in [2.75, 3.05) is 31.6 Å². The Labute approximate surface area is 158 Å². The number of hydrogen-bond acceptors (Lipinski definition) is 4. The molecule has 0 aliphatic carbocycles. The Morgan fingerprint density at radius 2 is 1.89 bits per heavy atom. The molecule has 0 saturated carbocycles. The standard InChI is InChI=1S/C19H21FN2O4S/c1-2-14-7-8-15(19(23)21-17-6-4-3-5-16(17)20)13-18(14)27(24,25)22-9-11-26-12-10-22/h3-8,13H,2,9-12H2,1H3,(H,21,23). The molecule has 144 valence electrons. The Morgan fingerprint density at radius 3 is 2.56 bits per heavy atom. The van der Waals surface area contributed by atoms with E-state index in [1.165, 1.54) is 28.6 Å². The molecule has 1 aliphatic rings. The van der Waals surface area contributed by atoms with Crippen LogP contribution < -0.4 is 5.32 Å². The third-order valence-electron chi connectivity index (χ3n) is 4.42. The van der Waals surface area contributed by atoms with Crippen molar-refractivity contribution in [2.24, 2.45) is 0 Å². The first-order chi connectivity index (χ1) is 12.9. The van der Waals surface area contributed by atoms with Gasteiger partial charge >= 0.3 is 0 Å². The number of carbonyl (C=O) groups excluding carboxylic acids is 1. The molecule has 0 unspecified atom stereocenters. The van der Waals surface area contributed by atoms with Crippen LogP contribution in [0.2, 0.25) is 0 Å². The maximum Gasteiger partial charge on any atom is 0.255 e. The van der Waals surface area contributed by atoms with E-state index in [-0.39, 0.29) is 29.2 Å². The summed E-state index contributed by atoms with van der Waals surface area (Å²) in [4.78, 5) is 12.6. The van der Waals surface area contributed by atoms with Crippen molar-refractivity contribution in [3.8, 4) is 0 Å². The minimum absolute atomic E-state index is 0.0413. The van der Waals surface area contributed by atoms with E-state index >= 15 is 0 Å². The molecule has 0 spiro atoms. The smallest absolute Gasteiger partial charge is 0.255 e. The van der Waals surface area contributed by atoms with Gasteiger partial charge in [-0.2, -0.15) is 4.31 Å². The molecule has 0 aromatic heterocycles. The molecule has 1 amide bonds. The lowest BCUT2D eigenvalue weighted by Gasteiger charge is -2.27. The van der Waals surface area contributed by atoms with Crippen molar-refractivity contribution in [3.63, 3.8) is 0 Å².